The van der Waals surface area contributed by atoms with E-state index >= 15 is 0 Å². The van der Waals surface area contributed by atoms with Gasteiger partial charge in [-0.25, -0.2) is 18.6 Å². The van der Waals surface area contributed by atoms with Gasteiger partial charge in [0.2, 0.25) is 6.79 Å². The fourth-order valence-electron chi connectivity index (χ4n) is 3.81. The summed E-state index contributed by atoms with van der Waals surface area (Å²) < 4.78 is 49.1. The van der Waals surface area contributed by atoms with Crippen LogP contribution < -0.4 is 14.8 Å². The van der Waals surface area contributed by atoms with Crippen LogP contribution in [0.25, 0.3) is 0 Å². The quantitative estimate of drug-likeness (QED) is 0.314. The van der Waals surface area contributed by atoms with Gasteiger partial charge in [-0.2, -0.15) is 0 Å². The zero-order valence-corrected chi connectivity index (χ0v) is 22.5. The normalized spacial score (nSPS) is 13.4. The summed E-state index contributed by atoms with van der Waals surface area (Å²) in [5.74, 6) is -4.47. The maximum atomic E-state index is 14.5. The molecule has 1 amide bonds. The second kappa shape index (κ2) is 13.7. The van der Waals surface area contributed by atoms with Gasteiger partial charge in [0.25, 0.3) is 5.91 Å². The van der Waals surface area contributed by atoms with Crippen molar-refractivity contribution in [3.63, 3.8) is 0 Å². The van der Waals surface area contributed by atoms with Crippen LogP contribution in [0, 0.1) is 23.5 Å². The van der Waals surface area contributed by atoms with E-state index in [9.17, 15) is 23.2 Å². The molecular weight excluding hydrogens is 502 g/mol. The number of methoxy groups -OCH3 is 1. The molecule has 3 unspecified atom stereocenters. The molecule has 1 aromatic carbocycles. The van der Waals surface area contributed by atoms with Gasteiger partial charge >= 0.3 is 11.9 Å². The fraction of sp³-hybridized carbons (Fsp3) is 0.481. The second-order valence-electron chi connectivity index (χ2n) is 9.34. The van der Waals surface area contributed by atoms with Gasteiger partial charge in [-0.1, -0.05) is 33.8 Å². The summed E-state index contributed by atoms with van der Waals surface area (Å²) in [7, 11) is 1.36. The average Bonchev–Trinajstić information content (AvgIpc) is 2.84. The first kappa shape index (κ1) is 30.5. The lowest BCUT2D eigenvalue weighted by molar-refractivity contribution is -0.154. The third-order valence-electron chi connectivity index (χ3n) is 5.73. The molecule has 0 bridgehead atoms. The molecule has 11 heteroatoms. The Hall–Kier alpha value is -3.76. The van der Waals surface area contributed by atoms with Crippen molar-refractivity contribution in [1.29, 1.82) is 0 Å². The standard InChI is InChI=1S/C27H34F2N2O7/c1-14(2)22(19-9-8-18(28)12-20(19)29)17(6)38-27(34)16(5)31-25(32)23-24(21(35-7)10-11-30-23)36-13-37-26(33)15(3)4/h8-12,14-17,22H,13H2,1-7H3,(H,31,32). The van der Waals surface area contributed by atoms with E-state index in [2.05, 4.69) is 10.3 Å². The van der Waals surface area contributed by atoms with Gasteiger partial charge in [0.15, 0.2) is 17.2 Å². The predicted molar refractivity (Wildman–Crippen MR) is 134 cm³/mol. The van der Waals surface area contributed by atoms with Crippen molar-refractivity contribution < 1.29 is 42.1 Å². The number of carbonyl (C=O) groups excluding carboxylic acids is 3. The molecule has 1 N–H and O–H groups in total. The third-order valence-corrected chi connectivity index (χ3v) is 5.73. The molecule has 0 fully saturated rings. The van der Waals surface area contributed by atoms with Crippen molar-refractivity contribution in [3.8, 4) is 11.5 Å². The number of carbonyl (C=O) groups is 3. The number of esters is 2. The summed E-state index contributed by atoms with van der Waals surface area (Å²) in [6.07, 6.45) is 0.530. The van der Waals surface area contributed by atoms with E-state index in [0.29, 0.717) is 0 Å². The van der Waals surface area contributed by atoms with Gasteiger partial charge in [0, 0.05) is 24.2 Å². The van der Waals surface area contributed by atoms with Gasteiger partial charge in [-0.05, 0) is 31.4 Å². The van der Waals surface area contributed by atoms with E-state index in [1.807, 2.05) is 13.8 Å². The number of hydrogen-bond donors (Lipinski definition) is 1. The molecule has 0 saturated carbocycles. The number of halogens is 2. The topological polar surface area (TPSA) is 113 Å². The largest absolute Gasteiger partial charge is 0.493 e. The lowest BCUT2D eigenvalue weighted by atomic mass is 9.84. The molecule has 38 heavy (non-hydrogen) atoms. The van der Waals surface area contributed by atoms with Crippen LogP contribution in [-0.4, -0.2) is 48.9 Å². The van der Waals surface area contributed by atoms with E-state index in [0.717, 1.165) is 12.1 Å². The van der Waals surface area contributed by atoms with Crippen LogP contribution >= 0.6 is 0 Å². The van der Waals surface area contributed by atoms with Crippen LogP contribution in [-0.2, 0) is 19.1 Å². The average molecular weight is 537 g/mol. The predicted octanol–water partition coefficient (Wildman–Crippen LogP) is 4.39. The Morgan fingerprint density at radius 1 is 1.00 bits per heavy atom. The van der Waals surface area contributed by atoms with Gasteiger partial charge < -0.3 is 24.3 Å². The van der Waals surface area contributed by atoms with Crippen molar-refractivity contribution >= 4 is 17.8 Å². The van der Waals surface area contributed by atoms with E-state index < -0.39 is 54.3 Å². The lowest BCUT2D eigenvalue weighted by Gasteiger charge is -2.29. The highest BCUT2D eigenvalue weighted by atomic mass is 19.1. The first-order valence-electron chi connectivity index (χ1n) is 12.2. The molecule has 0 saturated heterocycles. The van der Waals surface area contributed by atoms with Crippen molar-refractivity contribution in [3.05, 3.63) is 53.4 Å². The Bertz CT molecular complexity index is 1140. The van der Waals surface area contributed by atoms with Crippen LogP contribution in [0.1, 0.15) is 63.5 Å². The Labute approximate surface area is 220 Å². The number of amides is 1. The summed E-state index contributed by atoms with van der Waals surface area (Å²) in [5, 5.41) is 2.49. The summed E-state index contributed by atoms with van der Waals surface area (Å²) in [6, 6.07) is 3.61. The van der Waals surface area contributed by atoms with Crippen LogP contribution in [0.4, 0.5) is 8.78 Å². The molecule has 1 heterocycles. The Balaban J connectivity index is 2.13. The summed E-state index contributed by atoms with van der Waals surface area (Å²) in [5.41, 5.74) is 0.0185. The number of aromatic nitrogens is 1. The summed E-state index contributed by atoms with van der Waals surface area (Å²) >= 11 is 0. The van der Waals surface area contributed by atoms with Gasteiger partial charge in [0.05, 0.1) is 13.0 Å². The van der Waals surface area contributed by atoms with Gasteiger partial charge in [0.1, 0.15) is 23.8 Å². The monoisotopic (exact) mass is 536 g/mol. The highest BCUT2D eigenvalue weighted by Gasteiger charge is 2.31. The first-order chi connectivity index (χ1) is 17.9. The van der Waals surface area contributed by atoms with Gasteiger partial charge in [-0.15, -0.1) is 0 Å². The Kier molecular flexibility index (Phi) is 11.0. The molecule has 9 nitrogen and oxygen atoms in total. The number of rotatable bonds is 12. The molecule has 0 radical (unpaired) electrons. The van der Waals surface area contributed by atoms with Crippen molar-refractivity contribution in [1.82, 2.24) is 10.3 Å². The Morgan fingerprint density at radius 3 is 2.26 bits per heavy atom. The number of ether oxygens (including phenoxy) is 4. The molecule has 0 aliphatic rings. The van der Waals surface area contributed by atoms with Crippen LogP contribution in [0.15, 0.2) is 30.5 Å². The minimum Gasteiger partial charge on any atom is -0.493 e. The smallest absolute Gasteiger partial charge is 0.328 e. The molecule has 2 rings (SSSR count). The number of nitrogens with zero attached hydrogens (tertiary/aromatic N) is 1. The SMILES string of the molecule is COc1ccnc(C(=O)NC(C)C(=O)OC(C)C(c2ccc(F)cc2F)C(C)C)c1OCOC(=O)C(C)C. The van der Waals surface area contributed by atoms with Crippen LogP contribution in [0.5, 0.6) is 11.5 Å². The highest BCUT2D eigenvalue weighted by Crippen LogP contribution is 2.32. The van der Waals surface area contributed by atoms with E-state index in [-0.39, 0.29) is 34.6 Å². The van der Waals surface area contributed by atoms with E-state index in [4.69, 9.17) is 18.9 Å². The van der Waals surface area contributed by atoms with Crippen molar-refractivity contribution in [2.75, 3.05) is 13.9 Å². The fourth-order valence-corrected chi connectivity index (χ4v) is 3.81. The zero-order chi connectivity index (χ0) is 28.6. The molecule has 0 aliphatic carbocycles. The lowest BCUT2D eigenvalue weighted by Crippen LogP contribution is -2.42. The molecule has 3 atom stereocenters. The molecule has 1 aromatic heterocycles. The maximum absolute atomic E-state index is 14.5. The van der Waals surface area contributed by atoms with Gasteiger partial charge in [-0.3, -0.25) is 9.59 Å². The highest BCUT2D eigenvalue weighted by molar-refractivity contribution is 5.98. The molecule has 0 aliphatic heterocycles. The summed E-state index contributed by atoms with van der Waals surface area (Å²) in [6.45, 7) is 9.52. The molecule has 0 spiro atoms. The van der Waals surface area contributed by atoms with Crippen molar-refractivity contribution in [2.24, 2.45) is 11.8 Å². The molecule has 2 aromatic rings. The first-order valence-corrected chi connectivity index (χ1v) is 12.2. The van der Waals surface area contributed by atoms with Crippen molar-refractivity contribution in [2.45, 2.75) is 59.6 Å². The number of pyridine rings is 1. The zero-order valence-electron chi connectivity index (χ0n) is 22.5. The van der Waals surface area contributed by atoms with E-state index in [1.54, 1.807) is 20.8 Å². The third kappa shape index (κ3) is 7.87. The second-order valence-corrected chi connectivity index (χ2v) is 9.34. The minimum absolute atomic E-state index is 0.0790. The molecular formula is C27H34F2N2O7. The number of benzene rings is 1. The van der Waals surface area contributed by atoms with Crippen LogP contribution in [0.3, 0.4) is 0 Å². The number of nitrogens with one attached hydrogen (secondary N) is 1. The maximum Gasteiger partial charge on any atom is 0.328 e. The summed E-state index contributed by atoms with van der Waals surface area (Å²) in [4.78, 5) is 41.5. The molecule has 208 valence electrons. The van der Waals surface area contributed by atoms with Crippen LogP contribution in [0.2, 0.25) is 0 Å². The number of hydrogen-bond acceptors (Lipinski definition) is 8. The van der Waals surface area contributed by atoms with E-state index in [1.165, 1.54) is 32.4 Å². The minimum atomic E-state index is -1.12. The Morgan fingerprint density at radius 2 is 1.68 bits per heavy atom.